The molecule has 0 unspecified atom stereocenters. The minimum absolute atomic E-state index is 0.333. The van der Waals surface area contributed by atoms with Crippen LogP contribution in [0.5, 0.6) is 0 Å². The summed E-state index contributed by atoms with van der Waals surface area (Å²) in [6.07, 6.45) is 0.639. The van der Waals surface area contributed by atoms with Crippen molar-refractivity contribution in [2.24, 2.45) is 10.9 Å². The topological polar surface area (TPSA) is 118 Å². The fourth-order valence-corrected chi connectivity index (χ4v) is 3.24. The molecular formula is C16H18BrN3O3S2. The van der Waals surface area contributed by atoms with E-state index in [4.69, 9.17) is 10.9 Å². The average Bonchev–Trinajstić information content (AvgIpc) is 3.01. The summed E-state index contributed by atoms with van der Waals surface area (Å²) in [6.45, 7) is 1.63. The predicted molar refractivity (Wildman–Crippen MR) is 109 cm³/mol. The molecule has 0 saturated heterocycles. The monoisotopic (exact) mass is 443 g/mol. The fourth-order valence-electron chi connectivity index (χ4n) is 1.81. The standard InChI is InChI=1S/C12H10BrNO2S.C4H8N2OS/c1-14-11-10(12(15)16)9(6-17-11)7-2-4-8(13)5-3-7;1-3(5)4(2-7)8-6/h2-6,14H,1H3,(H,15,16);2H,5-6H2,1H3/b;4-3-. The molecule has 9 heteroatoms. The summed E-state index contributed by atoms with van der Waals surface area (Å²) >= 11 is 5.62. The Hall–Kier alpha value is -1.81. The number of hydrogen-bond donors (Lipinski definition) is 4. The fraction of sp³-hybridized carbons (Fsp3) is 0.125. The van der Waals surface area contributed by atoms with E-state index in [1.165, 1.54) is 11.3 Å². The first-order valence-corrected chi connectivity index (χ1v) is 9.47. The van der Waals surface area contributed by atoms with Gasteiger partial charge >= 0.3 is 5.97 Å². The zero-order valence-corrected chi connectivity index (χ0v) is 16.8. The van der Waals surface area contributed by atoms with Gasteiger partial charge in [0.2, 0.25) is 0 Å². The number of aromatic carboxylic acids is 1. The highest BCUT2D eigenvalue weighted by molar-refractivity contribution is 9.10. The third-order valence-corrected chi connectivity index (χ3v) is 5.21. The number of carbonyl (C=O) groups is 2. The average molecular weight is 444 g/mol. The Labute approximate surface area is 162 Å². The summed E-state index contributed by atoms with van der Waals surface area (Å²) in [6, 6.07) is 7.60. The van der Waals surface area contributed by atoms with Gasteiger partial charge < -0.3 is 16.2 Å². The van der Waals surface area contributed by atoms with Crippen molar-refractivity contribution in [3.8, 4) is 11.1 Å². The highest BCUT2D eigenvalue weighted by Gasteiger charge is 2.18. The van der Waals surface area contributed by atoms with Gasteiger partial charge in [-0.05, 0) is 36.6 Å². The van der Waals surface area contributed by atoms with Crippen molar-refractivity contribution in [3.63, 3.8) is 0 Å². The van der Waals surface area contributed by atoms with E-state index in [1.54, 1.807) is 14.0 Å². The van der Waals surface area contributed by atoms with Gasteiger partial charge in [0.25, 0.3) is 0 Å². The number of halogens is 1. The van der Waals surface area contributed by atoms with Gasteiger partial charge in [-0.2, -0.15) is 0 Å². The van der Waals surface area contributed by atoms with Crippen molar-refractivity contribution >= 4 is 56.5 Å². The third kappa shape index (κ3) is 5.89. The SMILES string of the molecule is C/C(N)=C(\C=O)SN.CNc1scc(-c2ccc(Br)cc2)c1C(=O)O. The van der Waals surface area contributed by atoms with Crippen molar-refractivity contribution in [3.05, 3.63) is 50.3 Å². The number of nitrogens with one attached hydrogen (secondary N) is 1. The molecule has 1 heterocycles. The number of carboxylic acids is 1. The maximum atomic E-state index is 11.3. The molecule has 1 aromatic heterocycles. The quantitative estimate of drug-likeness (QED) is 0.314. The molecule has 0 saturated carbocycles. The third-order valence-electron chi connectivity index (χ3n) is 3.01. The molecule has 134 valence electrons. The van der Waals surface area contributed by atoms with E-state index in [9.17, 15) is 14.7 Å². The number of thiophene rings is 1. The molecule has 0 aliphatic rings. The van der Waals surface area contributed by atoms with Crippen LogP contribution < -0.4 is 16.2 Å². The van der Waals surface area contributed by atoms with Crippen molar-refractivity contribution in [1.29, 1.82) is 0 Å². The van der Waals surface area contributed by atoms with Gasteiger partial charge in [-0.1, -0.05) is 28.1 Å². The zero-order valence-electron chi connectivity index (χ0n) is 13.6. The van der Waals surface area contributed by atoms with Crippen LogP contribution in [0.15, 0.2) is 44.7 Å². The molecule has 0 aliphatic carbocycles. The van der Waals surface area contributed by atoms with Gasteiger partial charge in [0.05, 0.1) is 4.91 Å². The molecule has 2 aromatic rings. The number of carbonyl (C=O) groups excluding carboxylic acids is 1. The Morgan fingerprint density at radius 1 is 1.36 bits per heavy atom. The van der Waals surface area contributed by atoms with Gasteiger partial charge in [0, 0.05) is 28.2 Å². The Kier molecular flexibility index (Phi) is 8.70. The van der Waals surface area contributed by atoms with Gasteiger partial charge in [0.1, 0.15) is 10.6 Å². The molecule has 0 radical (unpaired) electrons. The van der Waals surface area contributed by atoms with Gasteiger partial charge in [-0.25, -0.2) is 4.79 Å². The zero-order chi connectivity index (χ0) is 19.0. The number of benzene rings is 1. The number of carboxylic acid groups (broad SMARTS) is 1. The first kappa shape index (κ1) is 21.2. The summed E-state index contributed by atoms with van der Waals surface area (Å²) in [5.74, 6) is -0.909. The highest BCUT2D eigenvalue weighted by atomic mass is 79.9. The van der Waals surface area contributed by atoms with Crippen LogP contribution in [-0.4, -0.2) is 24.4 Å². The van der Waals surface area contributed by atoms with Crippen LogP contribution in [-0.2, 0) is 4.79 Å². The largest absolute Gasteiger partial charge is 0.478 e. The lowest BCUT2D eigenvalue weighted by Gasteiger charge is -2.03. The van der Waals surface area contributed by atoms with Crippen LogP contribution in [0.3, 0.4) is 0 Å². The van der Waals surface area contributed by atoms with Crippen LogP contribution in [0.2, 0.25) is 0 Å². The molecule has 6 nitrogen and oxygen atoms in total. The first-order chi connectivity index (χ1) is 11.8. The van der Waals surface area contributed by atoms with E-state index >= 15 is 0 Å². The number of rotatable bonds is 5. The van der Waals surface area contributed by atoms with E-state index in [0.717, 1.165) is 27.5 Å². The molecule has 1 aromatic carbocycles. The maximum Gasteiger partial charge on any atom is 0.339 e. The lowest BCUT2D eigenvalue weighted by atomic mass is 10.0. The molecule has 0 fully saturated rings. The predicted octanol–water partition coefficient (Wildman–Crippen LogP) is 3.90. The Bertz CT molecular complexity index is 769. The van der Waals surface area contributed by atoms with Gasteiger partial charge in [-0.3, -0.25) is 9.93 Å². The minimum Gasteiger partial charge on any atom is -0.478 e. The van der Waals surface area contributed by atoms with E-state index < -0.39 is 5.97 Å². The van der Waals surface area contributed by atoms with E-state index in [-0.39, 0.29) is 0 Å². The van der Waals surface area contributed by atoms with Crippen LogP contribution in [0.4, 0.5) is 5.00 Å². The van der Waals surface area contributed by atoms with Crippen molar-refractivity contribution in [2.45, 2.75) is 6.92 Å². The first-order valence-electron chi connectivity index (χ1n) is 6.92. The summed E-state index contributed by atoms with van der Waals surface area (Å²) in [4.78, 5) is 21.6. The van der Waals surface area contributed by atoms with Crippen molar-refractivity contribution < 1.29 is 14.7 Å². The molecule has 0 atom stereocenters. The number of nitrogens with two attached hydrogens (primary N) is 2. The van der Waals surface area contributed by atoms with Gasteiger partial charge in [-0.15, -0.1) is 11.3 Å². The Balaban J connectivity index is 0.000000333. The molecular weight excluding hydrogens is 426 g/mol. The van der Waals surface area contributed by atoms with Crippen LogP contribution in [0.25, 0.3) is 11.1 Å². The Morgan fingerprint density at radius 2 is 1.96 bits per heavy atom. The molecule has 0 amide bonds. The van der Waals surface area contributed by atoms with Crippen molar-refractivity contribution in [1.82, 2.24) is 0 Å². The van der Waals surface area contributed by atoms with E-state index in [2.05, 4.69) is 21.2 Å². The molecule has 0 aliphatic heterocycles. The summed E-state index contributed by atoms with van der Waals surface area (Å²) < 4.78 is 0.974. The smallest absolute Gasteiger partial charge is 0.339 e. The molecule has 0 bridgehead atoms. The van der Waals surface area contributed by atoms with E-state index in [1.807, 2.05) is 29.6 Å². The lowest BCUT2D eigenvalue weighted by Crippen LogP contribution is -2.00. The molecule has 0 spiro atoms. The Morgan fingerprint density at radius 3 is 2.32 bits per heavy atom. The minimum atomic E-state index is -0.909. The number of anilines is 1. The lowest BCUT2D eigenvalue weighted by molar-refractivity contribution is -0.104. The molecule has 2 rings (SSSR count). The summed E-state index contributed by atoms with van der Waals surface area (Å²) in [5, 5.41) is 19.7. The second kappa shape index (κ2) is 10.2. The maximum absolute atomic E-state index is 11.3. The number of hydrogen-bond acceptors (Lipinski definition) is 7. The summed E-state index contributed by atoms with van der Waals surface area (Å²) in [7, 11) is 1.73. The van der Waals surface area contributed by atoms with E-state index in [0.29, 0.717) is 27.5 Å². The highest BCUT2D eigenvalue weighted by Crippen LogP contribution is 2.35. The molecule has 6 N–H and O–H groups in total. The number of allylic oxidation sites excluding steroid dienone is 2. The van der Waals surface area contributed by atoms with Crippen LogP contribution in [0, 0.1) is 0 Å². The van der Waals surface area contributed by atoms with Gasteiger partial charge in [0.15, 0.2) is 6.29 Å². The second-order valence-electron chi connectivity index (χ2n) is 4.70. The molecule has 25 heavy (non-hydrogen) atoms. The summed E-state index contributed by atoms with van der Waals surface area (Å²) in [5.41, 5.74) is 7.66. The van der Waals surface area contributed by atoms with Crippen LogP contribution in [0.1, 0.15) is 17.3 Å². The normalized spacial score (nSPS) is 11.0. The number of aldehydes is 1. The van der Waals surface area contributed by atoms with Crippen molar-refractivity contribution in [2.75, 3.05) is 12.4 Å². The second-order valence-corrected chi connectivity index (χ2v) is 7.17. The van der Waals surface area contributed by atoms with Crippen LogP contribution >= 0.6 is 39.2 Å².